The predicted octanol–water partition coefficient (Wildman–Crippen LogP) is 3.56. The lowest BCUT2D eigenvalue weighted by atomic mass is 10.0. The van der Waals surface area contributed by atoms with Gasteiger partial charge in [-0.15, -0.1) is 0 Å². The van der Waals surface area contributed by atoms with Gasteiger partial charge in [0.2, 0.25) is 5.91 Å². The minimum atomic E-state index is -0.545. The molecule has 1 aliphatic heterocycles. The smallest absolute Gasteiger partial charge is 0.248 e. The first-order valence-electron chi connectivity index (χ1n) is 9.62. The minimum absolute atomic E-state index is 0.0406. The minimum Gasteiger partial charge on any atom is -0.376 e. The number of hydrogen-bond donors (Lipinski definition) is 1. The summed E-state index contributed by atoms with van der Waals surface area (Å²) in [5.74, 6) is -0.571. The fourth-order valence-corrected chi connectivity index (χ4v) is 3.48. The van der Waals surface area contributed by atoms with Crippen molar-refractivity contribution in [3.05, 3.63) is 34.6 Å². The zero-order chi connectivity index (χ0) is 19.8. The van der Waals surface area contributed by atoms with E-state index in [1.807, 2.05) is 6.92 Å². The molecule has 1 aromatic rings. The van der Waals surface area contributed by atoms with Gasteiger partial charge in [0.05, 0.1) is 18.8 Å². The molecule has 0 bridgehead atoms. The van der Waals surface area contributed by atoms with Crippen LogP contribution in [0.2, 0.25) is 5.02 Å². The number of carbonyl (C=O) groups excluding carboxylic acids is 1. The second-order valence-corrected chi connectivity index (χ2v) is 7.35. The van der Waals surface area contributed by atoms with E-state index in [0.717, 1.165) is 12.8 Å². The Balaban J connectivity index is 2.10. The summed E-state index contributed by atoms with van der Waals surface area (Å²) in [5.41, 5.74) is 0.410. The SMILES string of the molecule is CCCCOC(C)C(=O)NCC(c1c(F)cccc1Cl)N1CCOC(C)C1. The van der Waals surface area contributed by atoms with Gasteiger partial charge in [0.15, 0.2) is 0 Å². The summed E-state index contributed by atoms with van der Waals surface area (Å²) < 4.78 is 25.7. The van der Waals surface area contributed by atoms with Crippen molar-refractivity contribution in [2.75, 3.05) is 32.8 Å². The Hall–Kier alpha value is -1.21. The van der Waals surface area contributed by atoms with E-state index in [2.05, 4.69) is 17.1 Å². The van der Waals surface area contributed by atoms with Crippen molar-refractivity contribution in [2.45, 2.75) is 51.9 Å². The third-order valence-electron chi connectivity index (χ3n) is 4.75. The molecule has 1 amide bonds. The summed E-state index contributed by atoms with van der Waals surface area (Å²) in [7, 11) is 0. The van der Waals surface area contributed by atoms with Crippen LogP contribution in [0.5, 0.6) is 0 Å². The molecular formula is C20H30ClFN2O3. The molecule has 0 aliphatic carbocycles. The number of hydrogen-bond acceptors (Lipinski definition) is 4. The number of unbranched alkanes of at least 4 members (excludes halogenated alkanes) is 1. The van der Waals surface area contributed by atoms with E-state index in [-0.39, 0.29) is 30.4 Å². The first-order chi connectivity index (χ1) is 12.9. The second-order valence-electron chi connectivity index (χ2n) is 6.94. The number of benzene rings is 1. The Morgan fingerprint density at radius 2 is 2.30 bits per heavy atom. The molecule has 1 saturated heterocycles. The Morgan fingerprint density at radius 3 is 2.96 bits per heavy atom. The van der Waals surface area contributed by atoms with Crippen LogP contribution < -0.4 is 5.32 Å². The molecule has 1 N–H and O–H groups in total. The number of amides is 1. The van der Waals surface area contributed by atoms with Gasteiger partial charge in [-0.3, -0.25) is 9.69 Å². The van der Waals surface area contributed by atoms with Crippen molar-refractivity contribution in [3.63, 3.8) is 0 Å². The highest BCUT2D eigenvalue weighted by Gasteiger charge is 2.30. The maximum Gasteiger partial charge on any atom is 0.248 e. The van der Waals surface area contributed by atoms with Crippen molar-refractivity contribution < 1.29 is 18.7 Å². The number of halogens is 2. The molecule has 1 fully saturated rings. The predicted molar refractivity (Wildman–Crippen MR) is 104 cm³/mol. The summed E-state index contributed by atoms with van der Waals surface area (Å²) >= 11 is 6.31. The van der Waals surface area contributed by atoms with Crippen molar-refractivity contribution in [1.82, 2.24) is 10.2 Å². The van der Waals surface area contributed by atoms with Crippen molar-refractivity contribution in [3.8, 4) is 0 Å². The molecule has 0 spiro atoms. The molecule has 152 valence electrons. The third-order valence-corrected chi connectivity index (χ3v) is 5.08. The van der Waals surface area contributed by atoms with Crippen molar-refractivity contribution in [1.29, 1.82) is 0 Å². The van der Waals surface area contributed by atoms with Crippen LogP contribution in [0.3, 0.4) is 0 Å². The topological polar surface area (TPSA) is 50.8 Å². The molecule has 2 rings (SSSR count). The van der Waals surface area contributed by atoms with Gasteiger partial charge in [-0.1, -0.05) is 31.0 Å². The van der Waals surface area contributed by atoms with Gasteiger partial charge in [0.25, 0.3) is 0 Å². The fourth-order valence-electron chi connectivity index (χ4n) is 3.19. The molecule has 3 unspecified atom stereocenters. The zero-order valence-electron chi connectivity index (χ0n) is 16.3. The van der Waals surface area contributed by atoms with Gasteiger partial charge in [-0.25, -0.2) is 4.39 Å². The number of nitrogens with zero attached hydrogens (tertiary/aromatic N) is 1. The van der Waals surface area contributed by atoms with Crippen molar-refractivity contribution in [2.24, 2.45) is 0 Å². The molecule has 1 aliphatic rings. The average molecular weight is 401 g/mol. The lowest BCUT2D eigenvalue weighted by Gasteiger charge is -2.38. The number of rotatable bonds is 9. The van der Waals surface area contributed by atoms with Crippen LogP contribution in [-0.2, 0) is 14.3 Å². The van der Waals surface area contributed by atoms with Gasteiger partial charge in [-0.05, 0) is 32.4 Å². The van der Waals surface area contributed by atoms with E-state index in [9.17, 15) is 9.18 Å². The maximum atomic E-state index is 14.6. The van der Waals surface area contributed by atoms with Crippen LogP contribution in [0, 0.1) is 5.82 Å². The van der Waals surface area contributed by atoms with Gasteiger partial charge in [-0.2, -0.15) is 0 Å². The fraction of sp³-hybridized carbons (Fsp3) is 0.650. The average Bonchev–Trinajstić information content (AvgIpc) is 2.63. The first kappa shape index (κ1) is 22.1. The molecule has 0 aromatic heterocycles. The molecule has 27 heavy (non-hydrogen) atoms. The third kappa shape index (κ3) is 6.42. The summed E-state index contributed by atoms with van der Waals surface area (Å²) in [6.45, 7) is 8.45. The summed E-state index contributed by atoms with van der Waals surface area (Å²) in [5, 5.41) is 3.26. The van der Waals surface area contributed by atoms with Gasteiger partial charge >= 0.3 is 0 Å². The highest BCUT2D eigenvalue weighted by Crippen LogP contribution is 2.31. The quantitative estimate of drug-likeness (QED) is 0.644. The summed E-state index contributed by atoms with van der Waals surface area (Å²) in [6, 6.07) is 4.30. The van der Waals surface area contributed by atoms with Crippen molar-refractivity contribution >= 4 is 17.5 Å². The molecule has 3 atom stereocenters. The normalized spacial score (nSPS) is 20.3. The number of morpholine rings is 1. The highest BCUT2D eigenvalue weighted by molar-refractivity contribution is 6.31. The second kappa shape index (κ2) is 11.0. The number of nitrogens with one attached hydrogen (secondary N) is 1. The Bertz CT molecular complexity index is 597. The maximum absolute atomic E-state index is 14.6. The lowest BCUT2D eigenvalue weighted by molar-refractivity contribution is -0.132. The molecule has 1 aromatic carbocycles. The van der Waals surface area contributed by atoms with Gasteiger partial charge < -0.3 is 14.8 Å². The number of ether oxygens (including phenoxy) is 2. The van der Waals surface area contributed by atoms with Crippen LogP contribution in [0.15, 0.2) is 18.2 Å². The summed E-state index contributed by atoms with van der Waals surface area (Å²) in [4.78, 5) is 14.5. The molecule has 5 nitrogen and oxygen atoms in total. The van der Waals surface area contributed by atoms with Crippen LogP contribution in [0.1, 0.15) is 45.2 Å². The van der Waals surface area contributed by atoms with Crippen LogP contribution >= 0.6 is 11.6 Å². The Morgan fingerprint density at radius 1 is 1.52 bits per heavy atom. The van der Waals surface area contributed by atoms with Crippen LogP contribution in [-0.4, -0.2) is 55.9 Å². The van der Waals surface area contributed by atoms with E-state index >= 15 is 0 Å². The first-order valence-corrected chi connectivity index (χ1v) is 10.0. The van der Waals surface area contributed by atoms with E-state index in [0.29, 0.717) is 36.9 Å². The summed E-state index contributed by atoms with van der Waals surface area (Å²) in [6.07, 6.45) is 1.42. The highest BCUT2D eigenvalue weighted by atomic mass is 35.5. The molecule has 0 saturated carbocycles. The largest absolute Gasteiger partial charge is 0.376 e. The van der Waals surface area contributed by atoms with Gasteiger partial charge in [0, 0.05) is 36.8 Å². The Kier molecular flexibility index (Phi) is 8.96. The van der Waals surface area contributed by atoms with E-state index in [4.69, 9.17) is 21.1 Å². The van der Waals surface area contributed by atoms with Crippen LogP contribution in [0.4, 0.5) is 4.39 Å². The van der Waals surface area contributed by atoms with Crippen LogP contribution in [0.25, 0.3) is 0 Å². The van der Waals surface area contributed by atoms with Gasteiger partial charge in [0.1, 0.15) is 11.9 Å². The van der Waals surface area contributed by atoms with E-state index in [1.165, 1.54) is 6.07 Å². The molecule has 7 heteroatoms. The molecule has 0 radical (unpaired) electrons. The van der Waals surface area contributed by atoms with E-state index in [1.54, 1.807) is 19.1 Å². The van der Waals surface area contributed by atoms with E-state index < -0.39 is 6.10 Å². The molecular weight excluding hydrogens is 371 g/mol. The Labute approximate surface area is 166 Å². The molecule has 1 heterocycles. The number of carbonyl (C=O) groups is 1. The zero-order valence-corrected chi connectivity index (χ0v) is 17.1. The monoisotopic (exact) mass is 400 g/mol. The standard InChI is InChI=1S/C20H30ClFN2O3/c1-4-5-10-27-15(3)20(25)23-12-18(24-9-11-26-14(2)13-24)19-16(21)7-6-8-17(19)22/h6-8,14-15,18H,4-5,9-13H2,1-3H3,(H,23,25). The lowest BCUT2D eigenvalue weighted by Crippen LogP contribution is -2.48.